The van der Waals surface area contributed by atoms with Crippen LogP contribution in [0.2, 0.25) is 5.02 Å². The van der Waals surface area contributed by atoms with E-state index in [0.29, 0.717) is 33.2 Å². The summed E-state index contributed by atoms with van der Waals surface area (Å²) in [7, 11) is 4.58. The predicted octanol–water partition coefficient (Wildman–Crippen LogP) is 3.83. The van der Waals surface area contributed by atoms with E-state index in [1.165, 1.54) is 14.2 Å². The lowest BCUT2D eigenvalue weighted by Gasteiger charge is -2.22. The normalized spacial score (nSPS) is 18.0. The average molecular weight is 407 g/mol. The molecule has 1 heterocycles. The highest BCUT2D eigenvalue weighted by molar-refractivity contribution is 6.34. The summed E-state index contributed by atoms with van der Waals surface area (Å²) in [5.41, 5.74) is 1.16. The molecule has 0 bridgehead atoms. The summed E-state index contributed by atoms with van der Waals surface area (Å²) in [5, 5.41) is 12.8. The second-order valence-corrected chi connectivity index (χ2v) is 7.07. The molecule has 0 saturated heterocycles. The van der Waals surface area contributed by atoms with Gasteiger partial charge in [0, 0.05) is 24.5 Å². The summed E-state index contributed by atoms with van der Waals surface area (Å²) in [5.74, 6) is 5.34. The maximum absolute atomic E-state index is 11.2. The Morgan fingerprint density at radius 3 is 2.57 bits per heavy atom. The van der Waals surface area contributed by atoms with E-state index in [2.05, 4.69) is 11.8 Å². The van der Waals surface area contributed by atoms with Gasteiger partial charge in [-0.15, -0.1) is 0 Å². The SMILES string of the molecule is COCOc1c2c(cc3c(OC)cc(Cl)c(OC)c13)COC2(O)C#CC(C)C. The van der Waals surface area contributed by atoms with E-state index < -0.39 is 5.79 Å². The Morgan fingerprint density at radius 2 is 1.96 bits per heavy atom. The second-order valence-electron chi connectivity index (χ2n) is 6.66. The van der Waals surface area contributed by atoms with E-state index in [-0.39, 0.29) is 19.3 Å². The first-order valence-corrected chi connectivity index (χ1v) is 9.15. The fraction of sp³-hybridized carbons (Fsp3) is 0.429. The third-order valence-corrected chi connectivity index (χ3v) is 4.66. The number of methoxy groups -OCH3 is 3. The molecule has 7 heteroatoms. The van der Waals surface area contributed by atoms with Crippen LogP contribution in [-0.4, -0.2) is 33.2 Å². The van der Waals surface area contributed by atoms with Crippen LogP contribution in [0.25, 0.3) is 10.8 Å². The van der Waals surface area contributed by atoms with Crippen molar-refractivity contribution in [1.82, 2.24) is 0 Å². The molecular formula is C21H23ClO6. The van der Waals surface area contributed by atoms with Crippen LogP contribution in [0, 0.1) is 17.8 Å². The molecule has 1 aliphatic rings. The maximum atomic E-state index is 11.2. The standard InChI is InChI=1S/C21H23ClO6/c1-12(2)6-7-21(23)18-13(10-28-21)8-14-16(25-4)9-15(22)19(26-5)17(14)20(18)27-11-24-3/h8-9,12,23H,10-11H2,1-5H3. The molecule has 3 rings (SSSR count). The van der Waals surface area contributed by atoms with E-state index in [0.717, 1.165) is 10.9 Å². The molecule has 0 saturated carbocycles. The minimum absolute atomic E-state index is 0.0444. The first kappa shape index (κ1) is 20.6. The molecule has 0 fully saturated rings. The largest absolute Gasteiger partial charge is 0.496 e. The van der Waals surface area contributed by atoms with E-state index in [9.17, 15) is 5.11 Å². The summed E-state index contributed by atoms with van der Waals surface area (Å²) in [6.45, 7) is 3.99. The molecule has 2 aromatic rings. The van der Waals surface area contributed by atoms with Crippen molar-refractivity contribution in [2.45, 2.75) is 26.2 Å². The molecule has 28 heavy (non-hydrogen) atoms. The van der Waals surface area contributed by atoms with Gasteiger partial charge in [0.05, 0.1) is 36.8 Å². The third kappa shape index (κ3) is 3.47. The second kappa shape index (κ2) is 8.06. The summed E-state index contributed by atoms with van der Waals surface area (Å²) in [4.78, 5) is 0. The zero-order valence-corrected chi connectivity index (χ0v) is 17.3. The van der Waals surface area contributed by atoms with Crippen molar-refractivity contribution in [2.75, 3.05) is 28.1 Å². The van der Waals surface area contributed by atoms with Crippen molar-refractivity contribution in [2.24, 2.45) is 5.92 Å². The molecule has 1 aliphatic heterocycles. The zero-order valence-electron chi connectivity index (χ0n) is 16.5. The summed E-state index contributed by atoms with van der Waals surface area (Å²) in [6.07, 6.45) is 0. The lowest BCUT2D eigenvalue weighted by Crippen LogP contribution is -2.23. The van der Waals surface area contributed by atoms with Gasteiger partial charge in [0.1, 0.15) is 17.2 Å². The minimum atomic E-state index is -1.81. The van der Waals surface area contributed by atoms with Gasteiger partial charge in [-0.25, -0.2) is 0 Å². The Morgan fingerprint density at radius 1 is 1.21 bits per heavy atom. The minimum Gasteiger partial charge on any atom is -0.496 e. The van der Waals surface area contributed by atoms with Crippen molar-refractivity contribution in [1.29, 1.82) is 0 Å². The van der Waals surface area contributed by atoms with Crippen molar-refractivity contribution < 1.29 is 28.8 Å². The van der Waals surface area contributed by atoms with Gasteiger partial charge in [-0.1, -0.05) is 31.4 Å². The Hall–Kier alpha value is -2.17. The zero-order chi connectivity index (χ0) is 20.5. The van der Waals surface area contributed by atoms with Crippen molar-refractivity contribution in [3.05, 3.63) is 28.3 Å². The number of halogens is 1. The van der Waals surface area contributed by atoms with Crippen molar-refractivity contribution >= 4 is 22.4 Å². The first-order chi connectivity index (χ1) is 13.4. The molecule has 2 aromatic carbocycles. The van der Waals surface area contributed by atoms with Gasteiger partial charge in [0.25, 0.3) is 5.79 Å². The van der Waals surface area contributed by atoms with E-state index in [1.54, 1.807) is 13.2 Å². The Balaban J connectivity index is 2.41. The lowest BCUT2D eigenvalue weighted by molar-refractivity contribution is -0.157. The number of ether oxygens (including phenoxy) is 5. The van der Waals surface area contributed by atoms with Crippen LogP contribution in [0.15, 0.2) is 12.1 Å². The molecule has 6 nitrogen and oxygen atoms in total. The third-order valence-electron chi connectivity index (χ3n) is 4.38. The van der Waals surface area contributed by atoms with Crippen molar-refractivity contribution in [3.8, 4) is 29.1 Å². The maximum Gasteiger partial charge on any atom is 0.263 e. The molecule has 0 amide bonds. The van der Waals surface area contributed by atoms with Crippen LogP contribution in [0.1, 0.15) is 25.0 Å². The molecule has 0 spiro atoms. The van der Waals surface area contributed by atoms with Crippen LogP contribution in [0.3, 0.4) is 0 Å². The molecule has 1 N–H and O–H groups in total. The highest BCUT2D eigenvalue weighted by atomic mass is 35.5. The number of rotatable bonds is 5. The number of benzene rings is 2. The summed E-state index contributed by atoms with van der Waals surface area (Å²) in [6, 6.07) is 3.55. The Kier molecular flexibility index (Phi) is 5.92. The Bertz CT molecular complexity index is 959. The van der Waals surface area contributed by atoms with Crippen LogP contribution in [0.5, 0.6) is 17.2 Å². The van der Waals surface area contributed by atoms with Gasteiger partial charge in [-0.2, -0.15) is 0 Å². The van der Waals surface area contributed by atoms with Crippen LogP contribution in [-0.2, 0) is 21.9 Å². The fourth-order valence-electron chi connectivity index (χ4n) is 3.22. The monoisotopic (exact) mass is 406 g/mol. The van der Waals surface area contributed by atoms with Gasteiger partial charge in [0.2, 0.25) is 0 Å². The molecule has 0 radical (unpaired) electrons. The molecule has 1 unspecified atom stereocenters. The number of aliphatic hydroxyl groups is 1. The number of fused-ring (bicyclic) bond motifs is 2. The molecule has 0 aromatic heterocycles. The highest BCUT2D eigenvalue weighted by Gasteiger charge is 2.42. The van der Waals surface area contributed by atoms with Gasteiger partial charge >= 0.3 is 0 Å². The van der Waals surface area contributed by atoms with E-state index in [1.807, 2.05) is 19.9 Å². The van der Waals surface area contributed by atoms with E-state index in [4.69, 9.17) is 35.3 Å². The van der Waals surface area contributed by atoms with Gasteiger partial charge < -0.3 is 28.8 Å². The fourth-order valence-corrected chi connectivity index (χ4v) is 3.49. The van der Waals surface area contributed by atoms with Gasteiger partial charge in [-0.3, -0.25) is 0 Å². The van der Waals surface area contributed by atoms with Crippen LogP contribution >= 0.6 is 11.6 Å². The predicted molar refractivity (Wildman–Crippen MR) is 106 cm³/mol. The van der Waals surface area contributed by atoms with Gasteiger partial charge in [-0.05, 0) is 17.6 Å². The quantitative estimate of drug-likeness (QED) is 0.601. The van der Waals surface area contributed by atoms with Gasteiger partial charge in [0.15, 0.2) is 6.79 Å². The summed E-state index contributed by atoms with van der Waals surface area (Å²) < 4.78 is 27.7. The van der Waals surface area contributed by atoms with Crippen molar-refractivity contribution in [3.63, 3.8) is 0 Å². The molecular weight excluding hydrogens is 384 g/mol. The molecule has 1 atom stereocenters. The number of hydrogen-bond acceptors (Lipinski definition) is 6. The number of hydrogen-bond donors (Lipinski definition) is 1. The van der Waals surface area contributed by atoms with Crippen LogP contribution < -0.4 is 14.2 Å². The first-order valence-electron chi connectivity index (χ1n) is 8.77. The summed E-state index contributed by atoms with van der Waals surface area (Å²) >= 11 is 6.40. The highest BCUT2D eigenvalue weighted by Crippen LogP contribution is 2.51. The lowest BCUT2D eigenvalue weighted by atomic mass is 9.94. The topological polar surface area (TPSA) is 66.4 Å². The van der Waals surface area contributed by atoms with E-state index >= 15 is 0 Å². The molecule has 0 aliphatic carbocycles. The average Bonchev–Trinajstić information content (AvgIpc) is 3.00. The smallest absolute Gasteiger partial charge is 0.263 e. The molecule has 150 valence electrons. The Labute approximate surface area is 169 Å². The van der Waals surface area contributed by atoms with Crippen LogP contribution in [0.4, 0.5) is 0 Å².